The number of carbonyl (C=O) groups excluding carboxylic acids is 1. The molecule has 1 heterocycles. The van der Waals surface area contributed by atoms with E-state index in [0.717, 1.165) is 22.6 Å². The quantitative estimate of drug-likeness (QED) is 0.303. The molecule has 0 radical (unpaired) electrons. The molecule has 1 fully saturated rings. The summed E-state index contributed by atoms with van der Waals surface area (Å²) in [7, 11) is 4.89. The molecule has 0 bridgehead atoms. The first kappa shape index (κ1) is 27.0. The van der Waals surface area contributed by atoms with Crippen LogP contribution in [0.15, 0.2) is 78.9 Å². The van der Waals surface area contributed by atoms with E-state index in [4.69, 9.17) is 28.4 Å². The Morgan fingerprint density at radius 3 is 1.92 bits per heavy atom. The zero-order valence-electron chi connectivity index (χ0n) is 21.2. The topological polar surface area (TPSA) is 72.5 Å². The van der Waals surface area contributed by atoms with Crippen LogP contribution in [0.4, 0.5) is 0 Å². The van der Waals surface area contributed by atoms with Crippen molar-refractivity contribution in [1.29, 1.82) is 0 Å². The molecule has 4 atom stereocenters. The normalized spacial score (nSPS) is 20.9. The van der Waals surface area contributed by atoms with E-state index in [-0.39, 0.29) is 10.7 Å². The molecule has 0 spiro atoms. The number of methoxy groups -OCH3 is 3. The van der Waals surface area contributed by atoms with E-state index in [0.29, 0.717) is 25.4 Å². The second-order valence-electron chi connectivity index (χ2n) is 8.50. The largest absolute Gasteiger partial charge is 0.497 e. The van der Waals surface area contributed by atoms with Gasteiger partial charge >= 0.3 is 5.97 Å². The Bertz CT molecular complexity index is 1110. The number of esters is 1. The van der Waals surface area contributed by atoms with Crippen LogP contribution in [0.25, 0.3) is 0 Å². The maximum absolute atomic E-state index is 12.9. The smallest absolute Gasteiger partial charge is 0.338 e. The third-order valence-corrected chi connectivity index (χ3v) is 7.55. The van der Waals surface area contributed by atoms with E-state index in [1.54, 1.807) is 57.4 Å². The third-order valence-electron chi connectivity index (χ3n) is 6.06. The summed E-state index contributed by atoms with van der Waals surface area (Å²) >= 11 is 1.56. The molecular formula is C29H32O7S. The van der Waals surface area contributed by atoms with Gasteiger partial charge in [-0.25, -0.2) is 4.79 Å². The number of rotatable bonds is 12. The van der Waals surface area contributed by atoms with Gasteiger partial charge in [0.25, 0.3) is 0 Å². The fourth-order valence-corrected chi connectivity index (χ4v) is 5.42. The van der Waals surface area contributed by atoms with Gasteiger partial charge < -0.3 is 28.4 Å². The molecule has 37 heavy (non-hydrogen) atoms. The monoisotopic (exact) mass is 524 g/mol. The van der Waals surface area contributed by atoms with Crippen LogP contribution >= 0.6 is 11.8 Å². The van der Waals surface area contributed by atoms with Gasteiger partial charge in [0, 0.05) is 7.11 Å². The van der Waals surface area contributed by atoms with Gasteiger partial charge in [0.1, 0.15) is 23.0 Å². The van der Waals surface area contributed by atoms with Crippen molar-refractivity contribution >= 4 is 17.7 Å². The van der Waals surface area contributed by atoms with Crippen molar-refractivity contribution in [3.05, 3.63) is 95.6 Å². The highest BCUT2D eigenvalue weighted by Crippen LogP contribution is 2.39. The van der Waals surface area contributed by atoms with Crippen molar-refractivity contribution in [2.75, 3.05) is 27.9 Å². The van der Waals surface area contributed by atoms with Gasteiger partial charge in [0.2, 0.25) is 0 Å². The van der Waals surface area contributed by atoms with E-state index < -0.39 is 18.2 Å². The van der Waals surface area contributed by atoms with Gasteiger partial charge in [-0.15, -0.1) is 11.8 Å². The molecule has 0 aliphatic carbocycles. The van der Waals surface area contributed by atoms with Gasteiger partial charge in [0.15, 0.2) is 6.10 Å². The molecule has 3 aromatic rings. The average Bonchev–Trinajstić information content (AvgIpc) is 3.28. The molecule has 0 N–H and O–H groups in total. The minimum Gasteiger partial charge on any atom is -0.497 e. The molecule has 4 rings (SSSR count). The third kappa shape index (κ3) is 7.26. The summed E-state index contributed by atoms with van der Waals surface area (Å²) in [6.07, 6.45) is -1.03. The molecule has 3 aromatic carbocycles. The Labute approximate surface area is 222 Å². The van der Waals surface area contributed by atoms with E-state index in [9.17, 15) is 4.79 Å². The second-order valence-corrected chi connectivity index (χ2v) is 9.84. The standard InChI is InChI=1S/C29H32O7S/c1-31-23-13-9-20(10-14-23)17-34-19-25-26(35-18-21-11-15-24(32-2)16-12-21)27(29(33-3)37-25)36-28(30)22-7-5-4-6-8-22/h4-16,25-27,29H,17-19H2,1-3H3/t25-,26-,27+,29?/m1/s1. The zero-order chi connectivity index (χ0) is 26.0. The number of ether oxygens (including phenoxy) is 6. The van der Waals surface area contributed by atoms with Crippen LogP contribution in [0, 0.1) is 0 Å². The van der Waals surface area contributed by atoms with Crippen molar-refractivity contribution in [2.24, 2.45) is 0 Å². The Balaban J connectivity index is 1.46. The molecule has 1 saturated heterocycles. The number of hydrogen-bond acceptors (Lipinski definition) is 8. The zero-order valence-corrected chi connectivity index (χ0v) is 22.0. The summed E-state index contributed by atoms with van der Waals surface area (Å²) in [5.41, 5.74) is 2.12. The lowest BCUT2D eigenvalue weighted by Crippen LogP contribution is -2.40. The molecule has 0 aromatic heterocycles. The lowest BCUT2D eigenvalue weighted by Gasteiger charge is -2.25. The van der Waals surface area contributed by atoms with Crippen LogP contribution in [0.3, 0.4) is 0 Å². The van der Waals surface area contributed by atoms with E-state index >= 15 is 0 Å². The Kier molecular flexibility index (Phi) is 9.85. The Morgan fingerprint density at radius 1 is 0.757 bits per heavy atom. The number of hydrogen-bond donors (Lipinski definition) is 0. The summed E-state index contributed by atoms with van der Waals surface area (Å²) in [6.45, 7) is 1.20. The molecule has 0 amide bonds. The van der Waals surface area contributed by atoms with Gasteiger partial charge in [-0.1, -0.05) is 42.5 Å². The van der Waals surface area contributed by atoms with Crippen molar-refractivity contribution in [2.45, 2.75) is 36.1 Å². The second kappa shape index (κ2) is 13.5. The van der Waals surface area contributed by atoms with Crippen molar-refractivity contribution in [3.63, 3.8) is 0 Å². The van der Waals surface area contributed by atoms with Gasteiger partial charge in [-0.05, 0) is 47.5 Å². The highest BCUT2D eigenvalue weighted by Gasteiger charge is 2.48. The molecule has 1 aliphatic rings. The fourth-order valence-electron chi connectivity index (χ4n) is 4.04. The summed E-state index contributed by atoms with van der Waals surface area (Å²) in [6, 6.07) is 24.4. The van der Waals surface area contributed by atoms with Crippen LogP contribution in [0.2, 0.25) is 0 Å². The molecule has 0 saturated carbocycles. The lowest BCUT2D eigenvalue weighted by molar-refractivity contribution is -0.0862. The number of carbonyl (C=O) groups is 1. The number of benzene rings is 3. The van der Waals surface area contributed by atoms with Crippen molar-refractivity contribution in [1.82, 2.24) is 0 Å². The van der Waals surface area contributed by atoms with Crippen LogP contribution in [0.5, 0.6) is 11.5 Å². The van der Waals surface area contributed by atoms with Gasteiger partial charge in [0.05, 0.1) is 44.9 Å². The maximum atomic E-state index is 12.9. The molecule has 1 unspecified atom stereocenters. The fraction of sp³-hybridized carbons (Fsp3) is 0.345. The van der Waals surface area contributed by atoms with Gasteiger partial charge in [-0.3, -0.25) is 0 Å². The number of thioether (sulfide) groups is 1. The van der Waals surface area contributed by atoms with Crippen molar-refractivity contribution in [3.8, 4) is 11.5 Å². The highest BCUT2D eigenvalue weighted by atomic mass is 32.2. The minimum absolute atomic E-state index is 0.102. The van der Waals surface area contributed by atoms with E-state index in [1.807, 2.05) is 54.6 Å². The highest BCUT2D eigenvalue weighted by molar-refractivity contribution is 8.00. The predicted octanol–water partition coefficient (Wildman–Crippen LogP) is 5.12. The molecule has 196 valence electrons. The van der Waals surface area contributed by atoms with Gasteiger partial charge in [-0.2, -0.15) is 0 Å². The van der Waals surface area contributed by atoms with Crippen LogP contribution in [-0.4, -0.2) is 56.8 Å². The summed E-state index contributed by atoms with van der Waals surface area (Å²) in [4.78, 5) is 12.9. The SMILES string of the molecule is COc1ccc(COC[C@H]2SC(OC)[C@@H](OC(=O)c3ccccc3)[C@@H]2OCc2ccc(OC)cc2)cc1. The van der Waals surface area contributed by atoms with E-state index in [1.165, 1.54) is 0 Å². The Hall–Kier alpha value is -3.04. The molecule has 7 nitrogen and oxygen atoms in total. The Morgan fingerprint density at radius 2 is 1.35 bits per heavy atom. The lowest BCUT2D eigenvalue weighted by atomic mass is 10.1. The first-order chi connectivity index (χ1) is 18.1. The van der Waals surface area contributed by atoms with Crippen LogP contribution < -0.4 is 9.47 Å². The molecule has 1 aliphatic heterocycles. The van der Waals surface area contributed by atoms with Crippen molar-refractivity contribution < 1.29 is 33.2 Å². The minimum atomic E-state index is -0.601. The van der Waals surface area contributed by atoms with Crippen LogP contribution in [-0.2, 0) is 32.2 Å². The predicted molar refractivity (Wildman–Crippen MR) is 142 cm³/mol. The molecular weight excluding hydrogens is 492 g/mol. The summed E-state index contributed by atoms with van der Waals surface area (Å²) in [5.74, 6) is 1.17. The first-order valence-corrected chi connectivity index (χ1v) is 12.9. The maximum Gasteiger partial charge on any atom is 0.338 e. The molecule has 8 heteroatoms. The first-order valence-electron chi connectivity index (χ1n) is 12.0. The average molecular weight is 525 g/mol. The summed E-state index contributed by atoms with van der Waals surface area (Å²) < 4.78 is 34.6. The van der Waals surface area contributed by atoms with Crippen LogP contribution in [0.1, 0.15) is 21.5 Å². The van der Waals surface area contributed by atoms with E-state index in [2.05, 4.69) is 0 Å². The summed E-state index contributed by atoms with van der Waals surface area (Å²) in [5, 5.41) is -0.102.